The molecule has 3 aromatic rings. The molecule has 13 heteroatoms. The summed E-state index contributed by atoms with van der Waals surface area (Å²) in [7, 11) is -2.16. The van der Waals surface area contributed by atoms with Crippen molar-refractivity contribution in [2.24, 2.45) is 0 Å². The number of aromatic nitrogens is 4. The maximum atomic E-state index is 13.6. The SMILES string of the molecule is CC(C)(C)OC(=O)N1C[C@](C)(CO[Si](C)(C)C(C)(C)C)c2cc(-c3ccnc(Nc4cc(C(=O)N5CCCC5)n(C5CCCC5)n4)n3)cc(C#N)c21. The zero-order valence-electron chi connectivity index (χ0n) is 32.3. The van der Waals surface area contributed by atoms with Crippen molar-refractivity contribution in [3.8, 4) is 17.3 Å². The highest BCUT2D eigenvalue weighted by atomic mass is 28.4. The van der Waals surface area contributed by atoms with E-state index in [2.05, 4.69) is 57.2 Å². The molecule has 1 saturated carbocycles. The van der Waals surface area contributed by atoms with E-state index in [1.165, 1.54) is 0 Å². The van der Waals surface area contributed by atoms with E-state index in [0.29, 0.717) is 53.1 Å². The summed E-state index contributed by atoms with van der Waals surface area (Å²) in [6.45, 7) is 20.9. The molecule has 12 nitrogen and oxygen atoms in total. The first-order chi connectivity index (χ1) is 24.4. The Balaban J connectivity index is 1.35. The highest BCUT2D eigenvalue weighted by Gasteiger charge is 2.47. The van der Waals surface area contributed by atoms with Crippen molar-refractivity contribution < 1.29 is 18.8 Å². The molecule has 2 fully saturated rings. The molecule has 0 bridgehead atoms. The third-order valence-electron chi connectivity index (χ3n) is 11.0. The van der Waals surface area contributed by atoms with Gasteiger partial charge < -0.3 is 19.4 Å². The smallest absolute Gasteiger partial charge is 0.414 e. The number of anilines is 3. The Kier molecular flexibility index (Phi) is 10.0. The number of rotatable bonds is 8. The number of nitrogens with one attached hydrogen (secondary N) is 1. The van der Waals surface area contributed by atoms with Crippen LogP contribution >= 0.6 is 0 Å². The van der Waals surface area contributed by atoms with Crippen LogP contribution in [0.2, 0.25) is 18.1 Å². The monoisotopic (exact) mass is 726 g/mol. The molecule has 3 aliphatic rings. The summed E-state index contributed by atoms with van der Waals surface area (Å²) in [5, 5.41) is 18.6. The Morgan fingerprint density at radius 2 is 1.75 bits per heavy atom. The predicted molar refractivity (Wildman–Crippen MR) is 204 cm³/mol. The third-order valence-corrected chi connectivity index (χ3v) is 15.5. The Hall–Kier alpha value is -4.28. The van der Waals surface area contributed by atoms with Crippen LogP contribution in [0.3, 0.4) is 0 Å². The molecular formula is C39H54N8O4Si. The number of ether oxygens (including phenoxy) is 1. The maximum Gasteiger partial charge on any atom is 0.414 e. The van der Waals surface area contributed by atoms with Gasteiger partial charge in [-0.3, -0.25) is 14.4 Å². The van der Waals surface area contributed by atoms with Crippen LogP contribution in [0.15, 0.2) is 30.5 Å². The normalized spacial score (nSPS) is 19.5. The van der Waals surface area contributed by atoms with E-state index >= 15 is 0 Å². The van der Waals surface area contributed by atoms with Crippen LogP contribution in [0.25, 0.3) is 11.3 Å². The summed E-state index contributed by atoms with van der Waals surface area (Å²) in [5.41, 5.74) is 2.31. The number of hydrogen-bond acceptors (Lipinski definition) is 9. The molecule has 0 spiro atoms. The number of carbonyl (C=O) groups is 2. The summed E-state index contributed by atoms with van der Waals surface area (Å²) in [5.74, 6) is 0.858. The van der Waals surface area contributed by atoms with Gasteiger partial charge in [0, 0.05) is 49.5 Å². The molecule has 0 unspecified atom stereocenters. The number of hydrogen-bond donors (Lipinski definition) is 1. The summed E-state index contributed by atoms with van der Waals surface area (Å²) in [4.78, 5) is 40.1. The van der Waals surface area contributed by atoms with Crippen molar-refractivity contribution in [3.63, 3.8) is 0 Å². The minimum Gasteiger partial charge on any atom is -0.443 e. The van der Waals surface area contributed by atoms with Gasteiger partial charge in [-0.05, 0) is 88.3 Å². The van der Waals surface area contributed by atoms with Gasteiger partial charge in [-0.15, -0.1) is 0 Å². The fourth-order valence-electron chi connectivity index (χ4n) is 7.10. The maximum absolute atomic E-state index is 13.6. The summed E-state index contributed by atoms with van der Waals surface area (Å²) >= 11 is 0. The van der Waals surface area contributed by atoms with E-state index in [4.69, 9.17) is 19.2 Å². The van der Waals surface area contributed by atoms with E-state index in [1.807, 2.05) is 42.5 Å². The molecular weight excluding hydrogens is 673 g/mol. The van der Waals surface area contributed by atoms with Gasteiger partial charge in [0.1, 0.15) is 17.4 Å². The molecule has 0 radical (unpaired) electrons. The van der Waals surface area contributed by atoms with Crippen LogP contribution in [-0.4, -0.2) is 76.8 Å². The van der Waals surface area contributed by atoms with Crippen LogP contribution < -0.4 is 10.2 Å². The molecule has 2 amide bonds. The molecule has 2 aromatic heterocycles. The average Bonchev–Trinajstić information content (AvgIpc) is 3.89. The first-order valence-corrected chi connectivity index (χ1v) is 21.5. The van der Waals surface area contributed by atoms with Gasteiger partial charge in [0.25, 0.3) is 5.91 Å². The van der Waals surface area contributed by atoms with E-state index in [1.54, 1.807) is 23.2 Å². The molecule has 1 aromatic carbocycles. The minimum atomic E-state index is -2.16. The molecule has 6 rings (SSSR count). The number of benzene rings is 1. The van der Waals surface area contributed by atoms with Crippen molar-refractivity contribution in [1.29, 1.82) is 5.26 Å². The number of amides is 2. The van der Waals surface area contributed by atoms with Crippen molar-refractivity contribution in [1.82, 2.24) is 24.6 Å². The van der Waals surface area contributed by atoms with E-state index < -0.39 is 25.4 Å². The molecule has 1 aliphatic carbocycles. The van der Waals surface area contributed by atoms with Crippen molar-refractivity contribution in [2.45, 2.75) is 122 Å². The second-order valence-corrected chi connectivity index (χ2v) is 22.2. The van der Waals surface area contributed by atoms with Crippen LogP contribution in [0.5, 0.6) is 0 Å². The van der Waals surface area contributed by atoms with Crippen molar-refractivity contribution in [2.75, 3.05) is 36.5 Å². The highest BCUT2D eigenvalue weighted by Crippen LogP contribution is 2.47. The molecule has 52 heavy (non-hydrogen) atoms. The molecule has 1 atom stereocenters. The minimum absolute atomic E-state index is 0.00512. The van der Waals surface area contributed by atoms with E-state index in [9.17, 15) is 14.9 Å². The van der Waals surface area contributed by atoms with Gasteiger partial charge in [-0.1, -0.05) is 40.5 Å². The van der Waals surface area contributed by atoms with Crippen LogP contribution in [0.4, 0.5) is 22.2 Å². The fourth-order valence-corrected chi connectivity index (χ4v) is 8.22. The summed E-state index contributed by atoms with van der Waals surface area (Å²) in [6, 6.07) is 9.95. The molecule has 4 heterocycles. The first kappa shape index (κ1) is 37.5. The Morgan fingerprint density at radius 1 is 1.06 bits per heavy atom. The van der Waals surface area contributed by atoms with Gasteiger partial charge in [0.2, 0.25) is 5.95 Å². The lowest BCUT2D eigenvalue weighted by Crippen LogP contribution is -2.46. The molecule has 1 N–H and O–H groups in total. The zero-order chi connectivity index (χ0) is 37.6. The molecule has 2 aliphatic heterocycles. The number of nitriles is 1. The fraction of sp³-hybridized carbons (Fsp3) is 0.590. The first-order valence-electron chi connectivity index (χ1n) is 18.6. The largest absolute Gasteiger partial charge is 0.443 e. The van der Waals surface area contributed by atoms with Crippen LogP contribution in [0.1, 0.15) is 115 Å². The van der Waals surface area contributed by atoms with Crippen LogP contribution in [-0.2, 0) is 14.6 Å². The lowest BCUT2D eigenvalue weighted by molar-refractivity contribution is 0.0574. The second-order valence-electron chi connectivity index (χ2n) is 17.4. The molecule has 278 valence electrons. The Bertz CT molecular complexity index is 1880. The van der Waals surface area contributed by atoms with Crippen molar-refractivity contribution in [3.05, 3.63) is 47.3 Å². The van der Waals surface area contributed by atoms with E-state index in [0.717, 1.165) is 57.2 Å². The lowest BCUT2D eigenvalue weighted by atomic mass is 9.83. The van der Waals surface area contributed by atoms with Crippen LogP contribution in [0, 0.1) is 11.3 Å². The third kappa shape index (κ3) is 7.59. The van der Waals surface area contributed by atoms with Gasteiger partial charge >= 0.3 is 6.09 Å². The second kappa shape index (κ2) is 13.9. The highest BCUT2D eigenvalue weighted by molar-refractivity contribution is 6.74. The van der Waals surface area contributed by atoms with Crippen molar-refractivity contribution >= 4 is 37.8 Å². The quantitative estimate of drug-likeness (QED) is 0.227. The van der Waals surface area contributed by atoms with E-state index in [-0.39, 0.29) is 17.0 Å². The predicted octanol–water partition coefficient (Wildman–Crippen LogP) is 8.34. The number of nitrogens with zero attached hydrogens (tertiary/aromatic N) is 7. The summed E-state index contributed by atoms with van der Waals surface area (Å²) in [6.07, 6.45) is 7.45. The lowest BCUT2D eigenvalue weighted by Gasteiger charge is -2.39. The van der Waals surface area contributed by atoms with Gasteiger partial charge in [-0.2, -0.15) is 10.4 Å². The Morgan fingerprint density at radius 3 is 2.38 bits per heavy atom. The van der Waals surface area contributed by atoms with Gasteiger partial charge in [0.15, 0.2) is 14.1 Å². The summed E-state index contributed by atoms with van der Waals surface area (Å²) < 4.78 is 14.5. The number of carbonyl (C=O) groups excluding carboxylic acids is 2. The van der Waals surface area contributed by atoms with Gasteiger partial charge in [0.05, 0.1) is 23.0 Å². The standard InChI is InChI=1S/C39H54N8O4Si/c1-37(2,3)51-36(49)46-24-39(7,25-50-52(8,9)38(4,5)6)29-21-26(20-27(23-40)33(29)46)30-16-17-41-35(42-30)43-32-22-31(34(48)45-18-12-13-19-45)47(44-32)28-14-10-11-15-28/h16-17,20-22,28H,10-15,18-19,24-25H2,1-9H3,(H,41,42,43,44)/t39-/m1/s1. The van der Waals surface area contributed by atoms with Gasteiger partial charge in [-0.25, -0.2) is 14.8 Å². The number of fused-ring (bicyclic) bond motifs is 1. The molecule has 1 saturated heterocycles. The zero-order valence-corrected chi connectivity index (χ0v) is 33.3. The number of likely N-dealkylation sites (tertiary alicyclic amines) is 1. The Labute approximate surface area is 309 Å². The average molecular weight is 727 g/mol. The topological polar surface area (TPSA) is 138 Å².